The normalized spacial score (nSPS) is 28.8. The van der Waals surface area contributed by atoms with Crippen LogP contribution in [0.2, 0.25) is 0 Å². The molecule has 0 N–H and O–H groups in total. The first-order chi connectivity index (χ1) is 6.24. The van der Waals surface area contributed by atoms with E-state index in [2.05, 4.69) is 4.85 Å². The van der Waals surface area contributed by atoms with Gasteiger partial charge in [-0.2, -0.15) is 0 Å². The number of hydrogen-bond acceptors (Lipinski definition) is 0. The molecule has 0 spiro atoms. The third-order valence-electron chi connectivity index (χ3n) is 2.90. The molecule has 0 aromatic carbocycles. The molecule has 0 unspecified atom stereocenters. The van der Waals surface area contributed by atoms with Crippen LogP contribution in [0.15, 0.2) is 0 Å². The molecule has 1 fully saturated rings. The van der Waals surface area contributed by atoms with E-state index >= 15 is 0 Å². The van der Waals surface area contributed by atoms with Crippen molar-refractivity contribution in [1.82, 2.24) is 0 Å². The Kier molecular flexibility index (Phi) is 4.14. The summed E-state index contributed by atoms with van der Waals surface area (Å²) in [7, 11) is 0. The van der Waals surface area contributed by atoms with E-state index in [9.17, 15) is 8.78 Å². The van der Waals surface area contributed by atoms with Gasteiger partial charge in [0.05, 0.1) is 0 Å². The zero-order valence-corrected chi connectivity index (χ0v) is 7.68. The topological polar surface area (TPSA) is 4.36 Å². The molecule has 0 aromatic rings. The van der Waals surface area contributed by atoms with Gasteiger partial charge in [-0.1, -0.05) is 0 Å². The van der Waals surface area contributed by atoms with Gasteiger partial charge in [0.2, 0.25) is 13.0 Å². The SMILES string of the molecule is [C-]#[N+]CCC1CCC(C(F)F)CC1. The van der Waals surface area contributed by atoms with Crippen molar-refractivity contribution < 1.29 is 8.78 Å². The molecule has 0 radical (unpaired) electrons. The minimum Gasteiger partial charge on any atom is -0.317 e. The number of halogens is 2. The molecule has 1 aliphatic carbocycles. The summed E-state index contributed by atoms with van der Waals surface area (Å²) in [6.07, 6.45) is 1.86. The Hall–Kier alpha value is -0.650. The highest BCUT2D eigenvalue weighted by atomic mass is 19.3. The molecule has 1 aliphatic rings. The summed E-state index contributed by atoms with van der Waals surface area (Å²) in [4.78, 5) is 3.29. The molecule has 0 saturated heterocycles. The molecule has 13 heavy (non-hydrogen) atoms. The van der Waals surface area contributed by atoms with Gasteiger partial charge in [-0.3, -0.25) is 0 Å². The van der Waals surface area contributed by atoms with Crippen molar-refractivity contribution in [3.8, 4) is 0 Å². The van der Waals surface area contributed by atoms with Gasteiger partial charge < -0.3 is 4.85 Å². The molecule has 0 aromatic heterocycles. The molecular weight excluding hydrogens is 172 g/mol. The average Bonchev–Trinajstić information content (AvgIpc) is 2.15. The number of rotatable bonds is 3. The fourth-order valence-electron chi connectivity index (χ4n) is 1.98. The van der Waals surface area contributed by atoms with Gasteiger partial charge in [0.1, 0.15) is 0 Å². The predicted molar refractivity (Wildman–Crippen MR) is 47.5 cm³/mol. The van der Waals surface area contributed by atoms with Crippen molar-refractivity contribution in [3.63, 3.8) is 0 Å². The smallest absolute Gasteiger partial charge is 0.241 e. The van der Waals surface area contributed by atoms with Crippen molar-refractivity contribution in [2.45, 2.75) is 38.5 Å². The second kappa shape index (κ2) is 5.16. The van der Waals surface area contributed by atoms with Gasteiger partial charge in [-0.15, -0.1) is 0 Å². The van der Waals surface area contributed by atoms with Gasteiger partial charge >= 0.3 is 0 Å². The maximum Gasteiger partial charge on any atom is 0.241 e. The van der Waals surface area contributed by atoms with E-state index in [0.29, 0.717) is 25.3 Å². The Bertz CT molecular complexity index is 178. The van der Waals surface area contributed by atoms with E-state index in [1.54, 1.807) is 0 Å². The summed E-state index contributed by atoms with van der Waals surface area (Å²) in [6.45, 7) is 7.19. The maximum absolute atomic E-state index is 12.3. The molecule has 1 rings (SSSR count). The zero-order chi connectivity index (χ0) is 9.68. The van der Waals surface area contributed by atoms with Crippen LogP contribution in [0.4, 0.5) is 8.78 Å². The Balaban J connectivity index is 2.19. The summed E-state index contributed by atoms with van der Waals surface area (Å²) >= 11 is 0. The average molecular weight is 187 g/mol. The number of hydrogen-bond donors (Lipinski definition) is 0. The van der Waals surface area contributed by atoms with Crippen LogP contribution >= 0.6 is 0 Å². The Morgan fingerprint density at radius 2 is 1.85 bits per heavy atom. The first-order valence-corrected chi connectivity index (χ1v) is 4.85. The summed E-state index contributed by atoms with van der Waals surface area (Å²) in [6, 6.07) is 0. The first-order valence-electron chi connectivity index (χ1n) is 4.85. The Morgan fingerprint density at radius 1 is 1.23 bits per heavy atom. The van der Waals surface area contributed by atoms with Gasteiger partial charge in [0.15, 0.2) is 0 Å². The molecule has 74 valence electrons. The lowest BCUT2D eigenvalue weighted by Gasteiger charge is -2.26. The molecule has 1 nitrogen and oxygen atoms in total. The fraction of sp³-hybridized carbons (Fsp3) is 0.900. The van der Waals surface area contributed by atoms with Crippen LogP contribution in [-0.4, -0.2) is 13.0 Å². The Labute approximate surface area is 78.0 Å². The minimum atomic E-state index is -2.14. The summed E-state index contributed by atoms with van der Waals surface area (Å²) < 4.78 is 24.5. The third-order valence-corrected chi connectivity index (χ3v) is 2.90. The quantitative estimate of drug-likeness (QED) is 0.597. The van der Waals surface area contributed by atoms with Gasteiger partial charge in [0, 0.05) is 12.3 Å². The molecule has 0 amide bonds. The molecule has 0 heterocycles. The van der Waals surface area contributed by atoms with E-state index in [0.717, 1.165) is 19.3 Å². The highest BCUT2D eigenvalue weighted by Gasteiger charge is 2.27. The predicted octanol–water partition coefficient (Wildman–Crippen LogP) is 3.37. The molecule has 0 aliphatic heterocycles. The molecule has 3 heteroatoms. The number of alkyl halides is 2. The van der Waals surface area contributed by atoms with Crippen molar-refractivity contribution in [2.24, 2.45) is 11.8 Å². The molecule has 0 bridgehead atoms. The summed E-state index contributed by atoms with van der Waals surface area (Å²) in [5.41, 5.74) is 0. The van der Waals surface area contributed by atoms with Crippen molar-refractivity contribution in [2.75, 3.05) is 6.54 Å². The molecule has 0 atom stereocenters. The summed E-state index contributed by atoms with van der Waals surface area (Å²) in [5.74, 6) is 0.160. The lowest BCUT2D eigenvalue weighted by molar-refractivity contribution is 0.0462. The second-order valence-corrected chi connectivity index (χ2v) is 3.79. The molecular formula is C10H15F2N. The second-order valence-electron chi connectivity index (χ2n) is 3.79. The largest absolute Gasteiger partial charge is 0.317 e. The van der Waals surface area contributed by atoms with E-state index in [-0.39, 0.29) is 5.92 Å². The van der Waals surface area contributed by atoms with Crippen molar-refractivity contribution >= 4 is 0 Å². The van der Waals surface area contributed by atoms with Crippen LogP contribution < -0.4 is 0 Å². The first kappa shape index (κ1) is 10.4. The van der Waals surface area contributed by atoms with E-state index in [4.69, 9.17) is 6.57 Å². The third kappa shape index (κ3) is 3.30. The minimum absolute atomic E-state index is 0.371. The Morgan fingerprint density at radius 3 is 2.31 bits per heavy atom. The van der Waals surface area contributed by atoms with Crippen LogP contribution in [0.5, 0.6) is 0 Å². The van der Waals surface area contributed by atoms with Crippen LogP contribution in [0.25, 0.3) is 4.85 Å². The van der Waals surface area contributed by atoms with E-state index in [1.165, 1.54) is 0 Å². The van der Waals surface area contributed by atoms with Crippen LogP contribution in [0.3, 0.4) is 0 Å². The highest BCUT2D eigenvalue weighted by molar-refractivity contribution is 4.76. The van der Waals surface area contributed by atoms with E-state index in [1.807, 2.05) is 0 Å². The van der Waals surface area contributed by atoms with Gasteiger partial charge in [-0.25, -0.2) is 15.4 Å². The van der Waals surface area contributed by atoms with Crippen molar-refractivity contribution in [1.29, 1.82) is 0 Å². The fourth-order valence-corrected chi connectivity index (χ4v) is 1.98. The van der Waals surface area contributed by atoms with Crippen LogP contribution in [0, 0.1) is 18.4 Å². The standard InChI is InChI=1S/C10H15F2N/c1-13-7-6-8-2-4-9(5-3-8)10(11)12/h8-10H,2-7H2. The van der Waals surface area contributed by atoms with Crippen LogP contribution in [-0.2, 0) is 0 Å². The van der Waals surface area contributed by atoms with Gasteiger partial charge in [-0.05, 0) is 31.6 Å². The lowest BCUT2D eigenvalue weighted by atomic mass is 9.81. The molecule has 1 saturated carbocycles. The lowest BCUT2D eigenvalue weighted by Crippen LogP contribution is -2.20. The number of nitrogens with zero attached hydrogens (tertiary/aromatic N) is 1. The van der Waals surface area contributed by atoms with Gasteiger partial charge in [0.25, 0.3) is 0 Å². The summed E-state index contributed by atoms with van der Waals surface area (Å²) in [5, 5.41) is 0. The van der Waals surface area contributed by atoms with Crippen LogP contribution in [0.1, 0.15) is 32.1 Å². The maximum atomic E-state index is 12.3. The van der Waals surface area contributed by atoms with Crippen molar-refractivity contribution in [3.05, 3.63) is 11.4 Å². The zero-order valence-electron chi connectivity index (χ0n) is 7.68. The highest BCUT2D eigenvalue weighted by Crippen LogP contribution is 2.33. The monoisotopic (exact) mass is 187 g/mol. The van der Waals surface area contributed by atoms with E-state index < -0.39 is 6.43 Å².